The van der Waals surface area contributed by atoms with Crippen LogP contribution in [0.2, 0.25) is 0 Å². The van der Waals surface area contributed by atoms with Gasteiger partial charge in [-0.1, -0.05) is 0 Å². The molecule has 0 aliphatic carbocycles. The summed E-state index contributed by atoms with van der Waals surface area (Å²) in [5, 5.41) is 0. The Labute approximate surface area is 89.1 Å². The molecule has 0 amide bonds. The zero-order chi connectivity index (χ0) is 13.6. The van der Waals surface area contributed by atoms with Crippen molar-refractivity contribution in [3.8, 4) is 0 Å². The van der Waals surface area contributed by atoms with Crippen molar-refractivity contribution in [2.75, 3.05) is 0 Å². The minimum atomic E-state index is -5.43. The summed E-state index contributed by atoms with van der Waals surface area (Å²) in [6, 6.07) is 0. The number of aromatic nitrogens is 1. The molecule has 1 aromatic heterocycles. The Morgan fingerprint density at radius 2 is 1.06 bits per heavy atom. The Balaban J connectivity index is 3.63. The predicted molar refractivity (Wildman–Crippen MR) is 38.9 cm³/mol. The second-order valence-corrected chi connectivity index (χ2v) is 3.06. The van der Waals surface area contributed by atoms with Crippen LogP contribution in [-0.2, 0) is 12.4 Å². The van der Waals surface area contributed by atoms with Gasteiger partial charge in [0.1, 0.15) is 0 Å². The number of nitrogens with zero attached hydrogens (tertiary/aromatic N) is 1. The fourth-order valence-corrected chi connectivity index (χ4v) is 1.04. The van der Waals surface area contributed by atoms with Gasteiger partial charge in [-0.15, -0.1) is 0 Å². The lowest BCUT2D eigenvalue weighted by Crippen LogP contribution is -2.20. The molecule has 1 nitrogen and oxygen atoms in total. The number of rotatable bonds is 0. The first kappa shape index (κ1) is 13.7. The van der Waals surface area contributed by atoms with E-state index in [1.165, 1.54) is 0 Å². The van der Waals surface area contributed by atoms with Crippen LogP contribution >= 0.6 is 0 Å². The standard InChI is InChI=1S/C8H3F8N/c1-2-3(9)5(7(11,12)13)17-6(4(2)10)8(14,15)16/h1H3. The summed E-state index contributed by atoms with van der Waals surface area (Å²) in [5.41, 5.74) is -6.15. The van der Waals surface area contributed by atoms with Crippen LogP contribution in [0.1, 0.15) is 17.0 Å². The Morgan fingerprint density at radius 3 is 1.29 bits per heavy atom. The molecule has 0 aliphatic heterocycles. The lowest BCUT2D eigenvalue weighted by Gasteiger charge is -2.14. The highest BCUT2D eigenvalue weighted by molar-refractivity contribution is 5.27. The highest BCUT2D eigenvalue weighted by Crippen LogP contribution is 2.37. The van der Waals surface area contributed by atoms with E-state index in [4.69, 9.17) is 0 Å². The van der Waals surface area contributed by atoms with E-state index < -0.39 is 40.9 Å². The van der Waals surface area contributed by atoms with Gasteiger partial charge in [0, 0.05) is 5.56 Å². The van der Waals surface area contributed by atoms with E-state index in [1.807, 2.05) is 4.98 Å². The molecule has 0 N–H and O–H groups in total. The first-order chi connectivity index (χ1) is 7.46. The SMILES string of the molecule is Cc1c(F)c(C(F)(F)F)nc(C(F)(F)F)c1F. The zero-order valence-electron chi connectivity index (χ0n) is 7.97. The number of hydrogen-bond donors (Lipinski definition) is 0. The molecular weight excluding hydrogens is 262 g/mol. The highest BCUT2D eigenvalue weighted by atomic mass is 19.4. The monoisotopic (exact) mass is 265 g/mol. The van der Waals surface area contributed by atoms with Crippen LogP contribution in [-0.4, -0.2) is 4.98 Å². The van der Waals surface area contributed by atoms with Gasteiger partial charge >= 0.3 is 12.4 Å². The normalized spacial score (nSPS) is 13.0. The number of alkyl halides is 6. The maximum absolute atomic E-state index is 12.9. The first-order valence-corrected chi connectivity index (χ1v) is 3.96. The van der Waals surface area contributed by atoms with Crippen LogP contribution in [0.4, 0.5) is 35.1 Å². The molecule has 0 saturated heterocycles. The topological polar surface area (TPSA) is 12.9 Å². The van der Waals surface area contributed by atoms with Crippen molar-refractivity contribution in [1.82, 2.24) is 4.98 Å². The Bertz CT molecular complexity index is 406. The summed E-state index contributed by atoms with van der Waals surface area (Å²) in [7, 11) is 0. The van der Waals surface area contributed by atoms with Gasteiger partial charge in [0.2, 0.25) is 0 Å². The van der Waals surface area contributed by atoms with Gasteiger partial charge in [-0.3, -0.25) is 0 Å². The lowest BCUT2D eigenvalue weighted by molar-refractivity contribution is -0.153. The molecule has 1 aromatic rings. The van der Waals surface area contributed by atoms with Gasteiger partial charge in [0.05, 0.1) is 0 Å². The van der Waals surface area contributed by atoms with Crippen molar-refractivity contribution in [2.45, 2.75) is 19.3 Å². The third-order valence-electron chi connectivity index (χ3n) is 1.83. The van der Waals surface area contributed by atoms with E-state index in [1.54, 1.807) is 0 Å². The number of hydrogen-bond acceptors (Lipinski definition) is 1. The first-order valence-electron chi connectivity index (χ1n) is 3.96. The molecule has 0 radical (unpaired) electrons. The lowest BCUT2D eigenvalue weighted by atomic mass is 10.1. The van der Waals surface area contributed by atoms with Crippen molar-refractivity contribution in [2.24, 2.45) is 0 Å². The van der Waals surface area contributed by atoms with E-state index in [9.17, 15) is 35.1 Å². The minimum absolute atomic E-state index is 0.469. The molecule has 0 fully saturated rings. The van der Waals surface area contributed by atoms with Crippen LogP contribution in [0.15, 0.2) is 0 Å². The zero-order valence-corrected chi connectivity index (χ0v) is 7.97. The van der Waals surface area contributed by atoms with Gasteiger partial charge < -0.3 is 0 Å². The second kappa shape index (κ2) is 3.81. The molecule has 0 aromatic carbocycles. The van der Waals surface area contributed by atoms with Gasteiger partial charge in [-0.25, -0.2) is 13.8 Å². The van der Waals surface area contributed by atoms with Crippen LogP contribution in [0, 0.1) is 18.6 Å². The molecule has 0 bridgehead atoms. The van der Waals surface area contributed by atoms with E-state index in [0.29, 0.717) is 6.92 Å². The van der Waals surface area contributed by atoms with E-state index in [2.05, 4.69) is 0 Å². The summed E-state index contributed by atoms with van der Waals surface area (Å²) in [5.74, 6) is -4.30. The maximum atomic E-state index is 12.9. The average Bonchev–Trinajstić information content (AvgIpc) is 2.10. The van der Waals surface area contributed by atoms with Gasteiger partial charge in [-0.05, 0) is 6.92 Å². The predicted octanol–water partition coefficient (Wildman–Crippen LogP) is 3.71. The molecule has 1 rings (SSSR count). The summed E-state index contributed by atoms with van der Waals surface area (Å²) in [4.78, 5) is 1.98. The molecule has 0 aliphatic rings. The largest absolute Gasteiger partial charge is 0.436 e. The molecule has 0 unspecified atom stereocenters. The van der Waals surface area contributed by atoms with Crippen LogP contribution < -0.4 is 0 Å². The van der Waals surface area contributed by atoms with Crippen molar-refractivity contribution in [1.29, 1.82) is 0 Å². The molecule has 17 heavy (non-hydrogen) atoms. The number of halogens is 8. The quantitative estimate of drug-likeness (QED) is 0.652. The summed E-state index contributed by atoms with van der Waals surface area (Å²) >= 11 is 0. The van der Waals surface area contributed by atoms with Gasteiger partial charge in [-0.2, -0.15) is 26.3 Å². The number of pyridine rings is 1. The maximum Gasteiger partial charge on any atom is 0.436 e. The fraction of sp³-hybridized carbons (Fsp3) is 0.375. The minimum Gasteiger partial charge on any atom is -0.233 e. The van der Waals surface area contributed by atoms with Crippen LogP contribution in [0.25, 0.3) is 0 Å². The second-order valence-electron chi connectivity index (χ2n) is 3.06. The Hall–Kier alpha value is -1.41. The smallest absolute Gasteiger partial charge is 0.233 e. The molecule has 1 heterocycles. The summed E-state index contributed by atoms with van der Waals surface area (Å²) in [6.45, 7) is 0.469. The third kappa shape index (κ3) is 2.47. The molecule has 9 heteroatoms. The molecule has 0 spiro atoms. The summed E-state index contributed by atoms with van der Waals surface area (Å²) < 4.78 is 98.7. The molecule has 0 saturated carbocycles. The van der Waals surface area contributed by atoms with E-state index in [0.717, 1.165) is 0 Å². The highest BCUT2D eigenvalue weighted by Gasteiger charge is 2.44. The Morgan fingerprint density at radius 1 is 0.765 bits per heavy atom. The Kier molecular flexibility index (Phi) is 3.06. The average molecular weight is 265 g/mol. The van der Waals surface area contributed by atoms with E-state index >= 15 is 0 Å². The van der Waals surface area contributed by atoms with Gasteiger partial charge in [0.15, 0.2) is 23.0 Å². The summed E-state index contributed by atoms with van der Waals surface area (Å²) in [6.07, 6.45) is -10.9. The van der Waals surface area contributed by atoms with E-state index in [-0.39, 0.29) is 0 Å². The van der Waals surface area contributed by atoms with Gasteiger partial charge in [0.25, 0.3) is 0 Å². The van der Waals surface area contributed by atoms with Crippen molar-refractivity contribution in [3.63, 3.8) is 0 Å². The van der Waals surface area contributed by atoms with Crippen molar-refractivity contribution >= 4 is 0 Å². The molecule has 0 atom stereocenters. The third-order valence-corrected chi connectivity index (χ3v) is 1.83. The van der Waals surface area contributed by atoms with Crippen LogP contribution in [0.5, 0.6) is 0 Å². The molecular formula is C8H3F8N. The van der Waals surface area contributed by atoms with Crippen molar-refractivity contribution < 1.29 is 35.1 Å². The fourth-order valence-electron chi connectivity index (χ4n) is 1.04. The van der Waals surface area contributed by atoms with Crippen molar-refractivity contribution in [3.05, 3.63) is 28.6 Å². The van der Waals surface area contributed by atoms with Crippen LogP contribution in [0.3, 0.4) is 0 Å². The molecule has 96 valence electrons.